The molecule has 9 heteroatoms. The maximum atomic E-state index is 14.0. The van der Waals surface area contributed by atoms with Crippen molar-refractivity contribution in [3.05, 3.63) is 34.5 Å². The van der Waals surface area contributed by atoms with Crippen molar-refractivity contribution in [2.24, 2.45) is 5.73 Å². The summed E-state index contributed by atoms with van der Waals surface area (Å²) in [6, 6.07) is 4.51. The predicted octanol–water partition coefficient (Wildman–Crippen LogP) is 0.945. The summed E-state index contributed by atoms with van der Waals surface area (Å²) in [6.07, 6.45) is 0. The van der Waals surface area contributed by atoms with E-state index < -0.39 is 30.2 Å². The molecule has 0 aliphatic rings. The summed E-state index contributed by atoms with van der Waals surface area (Å²) >= 11 is 1.06. The average molecular weight is 354 g/mol. The van der Waals surface area contributed by atoms with Gasteiger partial charge in [0.15, 0.2) is 6.61 Å². The van der Waals surface area contributed by atoms with Gasteiger partial charge in [-0.3, -0.25) is 9.59 Å². The van der Waals surface area contributed by atoms with Crippen molar-refractivity contribution in [1.82, 2.24) is 5.32 Å². The van der Waals surface area contributed by atoms with Crippen LogP contribution in [0, 0.1) is 5.82 Å². The zero-order valence-corrected chi connectivity index (χ0v) is 13.6. The van der Waals surface area contributed by atoms with Gasteiger partial charge in [-0.1, -0.05) is 6.07 Å². The third-order valence-corrected chi connectivity index (χ3v) is 4.21. The highest BCUT2D eigenvalue weighted by atomic mass is 32.1. The number of carbonyl (C=O) groups excluding carboxylic acids is 3. The second-order valence-corrected chi connectivity index (χ2v) is 5.83. The number of benzene rings is 1. The van der Waals surface area contributed by atoms with Gasteiger partial charge in [-0.05, 0) is 12.1 Å². The topological polar surface area (TPSA) is 108 Å². The lowest BCUT2D eigenvalue weighted by Crippen LogP contribution is -2.35. The smallest absolute Gasteiger partial charge is 0.349 e. The monoisotopic (exact) mass is 354 g/mol. The summed E-state index contributed by atoms with van der Waals surface area (Å²) < 4.78 is 24.5. The lowest BCUT2D eigenvalue weighted by molar-refractivity contribution is -0.127. The molecule has 1 heterocycles. The Balaban J connectivity index is 2.17. The molecule has 0 radical (unpaired) electrons. The first-order chi connectivity index (χ1) is 11.4. The van der Waals surface area contributed by atoms with Crippen LogP contribution in [0.2, 0.25) is 0 Å². The number of methoxy groups -OCH3 is 1. The molecule has 0 bridgehead atoms. The maximum Gasteiger partial charge on any atom is 0.349 e. The predicted molar refractivity (Wildman–Crippen MR) is 85.0 cm³/mol. The van der Waals surface area contributed by atoms with Crippen LogP contribution in [-0.2, 0) is 25.7 Å². The molecule has 0 saturated heterocycles. The van der Waals surface area contributed by atoms with Crippen LogP contribution in [0.25, 0.3) is 10.1 Å². The number of nitrogens with one attached hydrogen (secondary N) is 1. The molecule has 2 amide bonds. The number of fused-ring (bicyclic) bond motifs is 1. The van der Waals surface area contributed by atoms with Crippen LogP contribution in [0.4, 0.5) is 4.39 Å². The number of ether oxygens (including phenoxy) is 2. The highest BCUT2D eigenvalue weighted by molar-refractivity contribution is 7.21. The van der Waals surface area contributed by atoms with Gasteiger partial charge in [0, 0.05) is 22.8 Å². The summed E-state index contributed by atoms with van der Waals surface area (Å²) in [4.78, 5) is 34.4. The largest absolute Gasteiger partial charge is 0.451 e. The summed E-state index contributed by atoms with van der Waals surface area (Å²) in [7, 11) is 1.43. The van der Waals surface area contributed by atoms with E-state index in [1.165, 1.54) is 19.2 Å². The minimum Gasteiger partial charge on any atom is -0.451 e. The second-order valence-electron chi connectivity index (χ2n) is 4.77. The molecule has 0 spiro atoms. The molecule has 0 atom stereocenters. The third kappa shape index (κ3) is 4.06. The van der Waals surface area contributed by atoms with E-state index in [0.717, 1.165) is 11.3 Å². The number of esters is 1. The molecule has 0 aliphatic carbocycles. The lowest BCUT2D eigenvalue weighted by Gasteiger charge is -2.06. The van der Waals surface area contributed by atoms with Crippen LogP contribution < -0.4 is 11.1 Å². The number of rotatable bonds is 7. The van der Waals surface area contributed by atoms with Crippen molar-refractivity contribution in [1.29, 1.82) is 0 Å². The first-order valence-electron chi connectivity index (χ1n) is 6.85. The second kappa shape index (κ2) is 7.84. The molecule has 0 fully saturated rings. The highest BCUT2D eigenvalue weighted by Gasteiger charge is 2.22. The summed E-state index contributed by atoms with van der Waals surface area (Å²) in [6.45, 7) is -0.895. The number of hydrogen-bond donors (Lipinski definition) is 2. The fourth-order valence-corrected chi connectivity index (χ4v) is 3.16. The lowest BCUT2D eigenvalue weighted by atomic mass is 10.1. The Hall–Kier alpha value is -2.52. The Labute approximate surface area is 140 Å². The Morgan fingerprint density at radius 1 is 1.33 bits per heavy atom. The van der Waals surface area contributed by atoms with Crippen molar-refractivity contribution < 1.29 is 28.2 Å². The van der Waals surface area contributed by atoms with E-state index in [1.54, 1.807) is 6.07 Å². The van der Waals surface area contributed by atoms with Crippen molar-refractivity contribution in [3.63, 3.8) is 0 Å². The zero-order valence-electron chi connectivity index (χ0n) is 12.8. The summed E-state index contributed by atoms with van der Waals surface area (Å²) in [5, 5.41) is 2.49. The van der Waals surface area contributed by atoms with Crippen LogP contribution in [0.15, 0.2) is 18.2 Å². The molecule has 2 aromatic rings. The SMILES string of the molecule is COCc1c(C(=O)OCC(=O)NCC(N)=O)sc2cccc(F)c12. The number of primary amides is 1. The van der Waals surface area contributed by atoms with Crippen LogP contribution in [0.1, 0.15) is 15.2 Å². The molecule has 3 N–H and O–H groups in total. The number of thiophene rings is 1. The average Bonchev–Trinajstić information content (AvgIpc) is 2.91. The molecular weight excluding hydrogens is 339 g/mol. The molecular formula is C15H15FN2O5S. The third-order valence-electron chi connectivity index (χ3n) is 3.03. The quantitative estimate of drug-likeness (QED) is 0.720. The van der Waals surface area contributed by atoms with E-state index in [-0.39, 0.29) is 18.0 Å². The van der Waals surface area contributed by atoms with Crippen LogP contribution in [0.3, 0.4) is 0 Å². The Bertz CT molecular complexity index is 790. The van der Waals surface area contributed by atoms with Gasteiger partial charge < -0.3 is 20.5 Å². The zero-order chi connectivity index (χ0) is 17.7. The normalized spacial score (nSPS) is 10.6. The number of amides is 2. The van der Waals surface area contributed by atoms with Gasteiger partial charge in [0.1, 0.15) is 10.7 Å². The van der Waals surface area contributed by atoms with E-state index in [1.807, 2.05) is 0 Å². The van der Waals surface area contributed by atoms with Gasteiger partial charge in [-0.25, -0.2) is 9.18 Å². The molecule has 0 saturated carbocycles. The van der Waals surface area contributed by atoms with Gasteiger partial charge in [0.2, 0.25) is 5.91 Å². The van der Waals surface area contributed by atoms with E-state index in [9.17, 15) is 18.8 Å². The van der Waals surface area contributed by atoms with Crippen molar-refractivity contribution in [3.8, 4) is 0 Å². The van der Waals surface area contributed by atoms with E-state index >= 15 is 0 Å². The minimum atomic E-state index is -0.767. The molecule has 1 aromatic carbocycles. The molecule has 1 aromatic heterocycles. The fraction of sp³-hybridized carbons (Fsp3) is 0.267. The van der Waals surface area contributed by atoms with Gasteiger partial charge >= 0.3 is 5.97 Å². The fourth-order valence-electron chi connectivity index (χ4n) is 2.05. The van der Waals surface area contributed by atoms with E-state index in [4.69, 9.17) is 15.2 Å². The number of hydrogen-bond acceptors (Lipinski definition) is 6. The minimum absolute atomic E-state index is 0.0270. The van der Waals surface area contributed by atoms with Crippen molar-refractivity contribution in [2.45, 2.75) is 6.61 Å². The Morgan fingerprint density at radius 3 is 2.75 bits per heavy atom. The summed E-state index contributed by atoms with van der Waals surface area (Å²) in [5.41, 5.74) is 5.26. The standard InChI is InChI=1S/C15H15FN2O5S/c1-22-6-8-13-9(16)3-2-4-10(13)24-14(8)15(21)23-7-12(20)18-5-11(17)19/h2-4H,5-7H2,1H3,(H2,17,19)(H,18,20). The molecule has 7 nitrogen and oxygen atoms in total. The van der Waals surface area contributed by atoms with Crippen molar-refractivity contribution in [2.75, 3.05) is 20.3 Å². The van der Waals surface area contributed by atoms with E-state index in [2.05, 4.69) is 5.32 Å². The van der Waals surface area contributed by atoms with Crippen molar-refractivity contribution >= 4 is 39.2 Å². The van der Waals surface area contributed by atoms with Gasteiger partial charge in [0.05, 0.1) is 13.2 Å². The van der Waals surface area contributed by atoms with Gasteiger partial charge in [-0.15, -0.1) is 11.3 Å². The van der Waals surface area contributed by atoms with Crippen LogP contribution >= 0.6 is 11.3 Å². The van der Waals surface area contributed by atoms with Crippen LogP contribution in [0.5, 0.6) is 0 Å². The molecule has 128 valence electrons. The first kappa shape index (κ1) is 17.8. The molecule has 0 unspecified atom stereocenters. The number of carbonyl (C=O) groups is 3. The van der Waals surface area contributed by atoms with Gasteiger partial charge in [-0.2, -0.15) is 0 Å². The van der Waals surface area contributed by atoms with Gasteiger partial charge in [0.25, 0.3) is 5.91 Å². The molecule has 0 aliphatic heterocycles. The highest BCUT2D eigenvalue weighted by Crippen LogP contribution is 2.34. The Kier molecular flexibility index (Phi) is 5.83. The maximum absolute atomic E-state index is 14.0. The van der Waals surface area contributed by atoms with Crippen LogP contribution in [-0.4, -0.2) is 38.0 Å². The molecule has 2 rings (SSSR count). The number of halogens is 1. The molecule has 24 heavy (non-hydrogen) atoms. The summed E-state index contributed by atoms with van der Waals surface area (Å²) in [5.74, 6) is -2.61. The van der Waals surface area contributed by atoms with E-state index in [0.29, 0.717) is 15.6 Å². The number of nitrogens with two attached hydrogens (primary N) is 1. The first-order valence-corrected chi connectivity index (χ1v) is 7.66. The Morgan fingerprint density at radius 2 is 2.08 bits per heavy atom.